The Kier molecular flexibility index (Phi) is 3.27. The van der Waals surface area contributed by atoms with E-state index in [4.69, 9.17) is 5.73 Å². The second-order valence-electron chi connectivity index (χ2n) is 3.98. The highest BCUT2D eigenvalue weighted by Gasteiger charge is 2.28. The largest absolute Gasteiger partial charge is 0.340 e. The number of likely N-dealkylation sites (N-methyl/N-ethyl adjacent to an activating group) is 1. The maximum atomic E-state index is 11.5. The highest BCUT2D eigenvalue weighted by Crippen LogP contribution is 2.13. The van der Waals surface area contributed by atoms with E-state index in [-0.39, 0.29) is 11.9 Å². The molecule has 1 heterocycles. The highest BCUT2D eigenvalue weighted by atomic mass is 16.2. The van der Waals surface area contributed by atoms with Crippen molar-refractivity contribution >= 4 is 5.91 Å². The molecule has 4 nitrogen and oxygen atoms in total. The highest BCUT2D eigenvalue weighted by molar-refractivity contribution is 5.81. The van der Waals surface area contributed by atoms with Gasteiger partial charge in [-0.2, -0.15) is 0 Å². The van der Waals surface area contributed by atoms with Crippen LogP contribution in [0.15, 0.2) is 0 Å². The van der Waals surface area contributed by atoms with E-state index in [2.05, 4.69) is 4.90 Å². The fraction of sp³-hybridized carbons (Fsp3) is 0.889. The van der Waals surface area contributed by atoms with Gasteiger partial charge in [0, 0.05) is 19.1 Å². The van der Waals surface area contributed by atoms with Gasteiger partial charge in [0.25, 0.3) is 0 Å². The van der Waals surface area contributed by atoms with Crippen molar-refractivity contribution in [1.29, 1.82) is 0 Å². The summed E-state index contributed by atoms with van der Waals surface area (Å²) in [6.07, 6.45) is 1.06. The zero-order valence-electron chi connectivity index (χ0n) is 8.66. The second-order valence-corrected chi connectivity index (χ2v) is 3.98. The molecule has 0 aromatic rings. The summed E-state index contributed by atoms with van der Waals surface area (Å²) in [6.45, 7) is 3.42. The first-order valence-electron chi connectivity index (χ1n) is 4.73. The molecule has 0 bridgehead atoms. The Labute approximate surface area is 79.7 Å². The summed E-state index contributed by atoms with van der Waals surface area (Å²) in [6, 6.07) is 0.142. The molecule has 0 saturated carbocycles. The first-order chi connectivity index (χ1) is 6.02. The minimum atomic E-state index is -0.360. The van der Waals surface area contributed by atoms with Crippen LogP contribution in [0.3, 0.4) is 0 Å². The SMILES string of the molecule is C[C@H](N)C(=O)N1CC[C@@H](N(C)C)C1. The fourth-order valence-corrected chi connectivity index (χ4v) is 1.65. The summed E-state index contributed by atoms with van der Waals surface area (Å²) in [5, 5.41) is 0. The quantitative estimate of drug-likeness (QED) is 0.631. The molecule has 0 radical (unpaired) electrons. The monoisotopic (exact) mass is 185 g/mol. The van der Waals surface area contributed by atoms with Crippen LogP contribution in [0.25, 0.3) is 0 Å². The first-order valence-corrected chi connectivity index (χ1v) is 4.73. The number of nitrogens with zero attached hydrogens (tertiary/aromatic N) is 2. The van der Waals surface area contributed by atoms with E-state index < -0.39 is 0 Å². The van der Waals surface area contributed by atoms with Gasteiger partial charge >= 0.3 is 0 Å². The van der Waals surface area contributed by atoms with Gasteiger partial charge in [0.15, 0.2) is 0 Å². The molecule has 1 saturated heterocycles. The molecule has 1 fully saturated rings. The van der Waals surface area contributed by atoms with E-state index in [0.29, 0.717) is 6.04 Å². The lowest BCUT2D eigenvalue weighted by Gasteiger charge is -2.21. The number of amides is 1. The van der Waals surface area contributed by atoms with Crippen molar-refractivity contribution in [3.8, 4) is 0 Å². The summed E-state index contributed by atoms with van der Waals surface area (Å²) in [4.78, 5) is 15.5. The zero-order chi connectivity index (χ0) is 10.0. The van der Waals surface area contributed by atoms with Gasteiger partial charge in [0.1, 0.15) is 0 Å². The van der Waals surface area contributed by atoms with E-state index in [1.807, 2.05) is 19.0 Å². The standard InChI is InChI=1S/C9H19N3O/c1-7(10)9(13)12-5-4-8(6-12)11(2)3/h7-8H,4-6,10H2,1-3H3/t7-,8+/m0/s1. The zero-order valence-corrected chi connectivity index (χ0v) is 8.66. The Bertz CT molecular complexity index is 191. The summed E-state index contributed by atoms with van der Waals surface area (Å²) >= 11 is 0. The van der Waals surface area contributed by atoms with Crippen LogP contribution in [0, 0.1) is 0 Å². The van der Waals surface area contributed by atoms with Gasteiger partial charge in [-0.1, -0.05) is 0 Å². The van der Waals surface area contributed by atoms with Gasteiger partial charge < -0.3 is 15.5 Å². The summed E-state index contributed by atoms with van der Waals surface area (Å²) in [5.74, 6) is 0.0735. The maximum absolute atomic E-state index is 11.5. The lowest BCUT2D eigenvalue weighted by Crippen LogP contribution is -2.42. The Morgan fingerprint density at radius 1 is 1.62 bits per heavy atom. The number of rotatable bonds is 2. The lowest BCUT2D eigenvalue weighted by molar-refractivity contribution is -0.131. The van der Waals surface area contributed by atoms with Crippen molar-refractivity contribution in [1.82, 2.24) is 9.80 Å². The third-order valence-electron chi connectivity index (χ3n) is 2.59. The van der Waals surface area contributed by atoms with Gasteiger partial charge in [-0.3, -0.25) is 4.79 Å². The molecule has 1 aliphatic rings. The number of carbonyl (C=O) groups excluding carboxylic acids is 1. The first kappa shape index (κ1) is 10.5. The topological polar surface area (TPSA) is 49.6 Å². The van der Waals surface area contributed by atoms with Crippen LogP contribution in [-0.2, 0) is 4.79 Å². The van der Waals surface area contributed by atoms with Crippen LogP contribution in [0.1, 0.15) is 13.3 Å². The van der Waals surface area contributed by atoms with Crippen LogP contribution in [0.5, 0.6) is 0 Å². The van der Waals surface area contributed by atoms with Gasteiger partial charge in [0.2, 0.25) is 5.91 Å². The number of likely N-dealkylation sites (tertiary alicyclic amines) is 1. The molecule has 1 amide bonds. The van der Waals surface area contributed by atoms with Crippen molar-refractivity contribution in [2.75, 3.05) is 27.2 Å². The third-order valence-corrected chi connectivity index (χ3v) is 2.59. The summed E-state index contributed by atoms with van der Waals surface area (Å²) in [5.41, 5.74) is 5.53. The minimum absolute atomic E-state index is 0.0735. The van der Waals surface area contributed by atoms with Gasteiger partial charge in [-0.25, -0.2) is 0 Å². The third kappa shape index (κ3) is 2.42. The van der Waals surface area contributed by atoms with Gasteiger partial charge in [-0.05, 0) is 27.4 Å². The fourth-order valence-electron chi connectivity index (χ4n) is 1.65. The number of hydrogen-bond acceptors (Lipinski definition) is 3. The molecule has 0 unspecified atom stereocenters. The summed E-state index contributed by atoms with van der Waals surface area (Å²) in [7, 11) is 4.09. The van der Waals surface area contributed by atoms with Gasteiger partial charge in [0.05, 0.1) is 6.04 Å². The van der Waals surface area contributed by atoms with Crippen LogP contribution in [0.4, 0.5) is 0 Å². The van der Waals surface area contributed by atoms with Gasteiger partial charge in [-0.15, -0.1) is 0 Å². The molecular weight excluding hydrogens is 166 g/mol. The lowest BCUT2D eigenvalue weighted by atomic mass is 10.2. The Balaban J connectivity index is 2.45. The molecule has 76 valence electrons. The van der Waals surface area contributed by atoms with Crippen molar-refractivity contribution in [3.05, 3.63) is 0 Å². The average Bonchev–Trinajstić information content (AvgIpc) is 2.50. The maximum Gasteiger partial charge on any atom is 0.239 e. The number of carbonyl (C=O) groups is 1. The van der Waals surface area contributed by atoms with Crippen LogP contribution in [-0.4, -0.2) is 55.0 Å². The molecule has 4 heteroatoms. The smallest absolute Gasteiger partial charge is 0.239 e. The molecule has 1 rings (SSSR count). The van der Waals surface area contributed by atoms with Crippen molar-refractivity contribution in [3.63, 3.8) is 0 Å². The second kappa shape index (κ2) is 4.07. The minimum Gasteiger partial charge on any atom is -0.340 e. The Morgan fingerprint density at radius 2 is 2.23 bits per heavy atom. The van der Waals surface area contributed by atoms with Crippen LogP contribution >= 0.6 is 0 Å². The van der Waals surface area contributed by atoms with Crippen LogP contribution in [0.2, 0.25) is 0 Å². The molecule has 2 N–H and O–H groups in total. The summed E-state index contributed by atoms with van der Waals surface area (Å²) < 4.78 is 0. The van der Waals surface area contributed by atoms with E-state index >= 15 is 0 Å². The molecular formula is C9H19N3O. The molecule has 13 heavy (non-hydrogen) atoms. The molecule has 0 spiro atoms. The number of hydrogen-bond donors (Lipinski definition) is 1. The predicted molar refractivity (Wildman–Crippen MR) is 52.3 cm³/mol. The molecule has 2 atom stereocenters. The molecule has 0 aromatic heterocycles. The molecule has 0 aromatic carbocycles. The van der Waals surface area contributed by atoms with Crippen molar-refractivity contribution in [2.45, 2.75) is 25.4 Å². The normalized spacial score (nSPS) is 25.3. The van der Waals surface area contributed by atoms with Crippen molar-refractivity contribution < 1.29 is 4.79 Å². The van der Waals surface area contributed by atoms with E-state index in [1.54, 1.807) is 6.92 Å². The Morgan fingerprint density at radius 3 is 2.62 bits per heavy atom. The predicted octanol–water partition coefficient (Wildman–Crippen LogP) is -0.504. The average molecular weight is 185 g/mol. The van der Waals surface area contributed by atoms with Crippen molar-refractivity contribution in [2.24, 2.45) is 5.73 Å². The van der Waals surface area contributed by atoms with E-state index in [0.717, 1.165) is 19.5 Å². The van der Waals surface area contributed by atoms with E-state index in [1.165, 1.54) is 0 Å². The Hall–Kier alpha value is -0.610. The number of nitrogens with two attached hydrogens (primary N) is 1. The van der Waals surface area contributed by atoms with E-state index in [9.17, 15) is 4.79 Å². The molecule has 1 aliphatic heterocycles. The molecule has 0 aliphatic carbocycles. The van der Waals surface area contributed by atoms with Crippen LogP contribution < -0.4 is 5.73 Å².